The molecule has 1 aliphatic rings. The number of esters is 1. The minimum atomic E-state index is -0.429. The standard InChI is InChI=1S/C13H15BrO5/c1-16-11-6-10(14)9(13(15)17-2)5-12(11)19-8-3-4-18-7-8/h5-6,8H,3-4,7H2,1-2H3/t8-/m0/s1. The van der Waals surface area contributed by atoms with Crippen LogP contribution in [0.1, 0.15) is 16.8 Å². The van der Waals surface area contributed by atoms with Crippen LogP contribution >= 0.6 is 15.9 Å². The average molecular weight is 331 g/mol. The maximum atomic E-state index is 11.7. The van der Waals surface area contributed by atoms with Crippen LogP contribution in [0.4, 0.5) is 0 Å². The van der Waals surface area contributed by atoms with Gasteiger partial charge >= 0.3 is 5.97 Å². The van der Waals surface area contributed by atoms with Gasteiger partial charge in [-0.15, -0.1) is 0 Å². The normalized spacial score (nSPS) is 18.2. The van der Waals surface area contributed by atoms with Crippen molar-refractivity contribution in [1.29, 1.82) is 0 Å². The van der Waals surface area contributed by atoms with Gasteiger partial charge in [0.1, 0.15) is 6.10 Å². The zero-order valence-corrected chi connectivity index (χ0v) is 12.4. The van der Waals surface area contributed by atoms with E-state index in [9.17, 15) is 4.79 Å². The smallest absolute Gasteiger partial charge is 0.339 e. The van der Waals surface area contributed by atoms with Crippen LogP contribution in [-0.4, -0.2) is 39.5 Å². The van der Waals surface area contributed by atoms with Crippen molar-refractivity contribution in [2.75, 3.05) is 27.4 Å². The highest BCUT2D eigenvalue weighted by atomic mass is 79.9. The van der Waals surface area contributed by atoms with Gasteiger partial charge in [-0.05, 0) is 28.1 Å². The first-order chi connectivity index (χ1) is 9.15. The third-order valence-corrected chi connectivity index (χ3v) is 3.50. The Morgan fingerprint density at radius 3 is 2.74 bits per heavy atom. The van der Waals surface area contributed by atoms with E-state index in [-0.39, 0.29) is 6.10 Å². The summed E-state index contributed by atoms with van der Waals surface area (Å²) in [5, 5.41) is 0. The van der Waals surface area contributed by atoms with Crippen LogP contribution in [-0.2, 0) is 9.47 Å². The fourth-order valence-corrected chi connectivity index (χ4v) is 2.32. The van der Waals surface area contributed by atoms with E-state index in [1.165, 1.54) is 7.11 Å². The van der Waals surface area contributed by atoms with Crippen LogP contribution in [0, 0.1) is 0 Å². The number of hydrogen-bond acceptors (Lipinski definition) is 5. The van der Waals surface area contributed by atoms with E-state index in [2.05, 4.69) is 15.9 Å². The molecule has 1 aliphatic heterocycles. The van der Waals surface area contributed by atoms with Gasteiger partial charge < -0.3 is 18.9 Å². The first-order valence-corrected chi connectivity index (χ1v) is 6.65. The van der Waals surface area contributed by atoms with Crippen LogP contribution in [0.15, 0.2) is 16.6 Å². The van der Waals surface area contributed by atoms with E-state index >= 15 is 0 Å². The van der Waals surface area contributed by atoms with E-state index in [1.54, 1.807) is 19.2 Å². The molecule has 1 atom stereocenters. The molecule has 104 valence electrons. The molecule has 0 unspecified atom stereocenters. The lowest BCUT2D eigenvalue weighted by Gasteiger charge is -2.16. The van der Waals surface area contributed by atoms with Gasteiger partial charge in [-0.25, -0.2) is 4.79 Å². The van der Waals surface area contributed by atoms with Crippen LogP contribution in [0.3, 0.4) is 0 Å². The van der Waals surface area contributed by atoms with Gasteiger partial charge in [0.15, 0.2) is 11.5 Å². The Morgan fingerprint density at radius 1 is 1.37 bits per heavy atom. The molecule has 6 heteroatoms. The molecule has 19 heavy (non-hydrogen) atoms. The number of methoxy groups -OCH3 is 2. The summed E-state index contributed by atoms with van der Waals surface area (Å²) in [5.41, 5.74) is 0.400. The lowest BCUT2D eigenvalue weighted by Crippen LogP contribution is -2.16. The van der Waals surface area contributed by atoms with Gasteiger partial charge in [-0.3, -0.25) is 0 Å². The molecule has 1 heterocycles. The van der Waals surface area contributed by atoms with Crippen molar-refractivity contribution in [3.63, 3.8) is 0 Å². The summed E-state index contributed by atoms with van der Waals surface area (Å²) in [5.74, 6) is 0.648. The fourth-order valence-electron chi connectivity index (χ4n) is 1.84. The van der Waals surface area contributed by atoms with Crippen LogP contribution in [0.2, 0.25) is 0 Å². The van der Waals surface area contributed by atoms with Crippen molar-refractivity contribution < 1.29 is 23.7 Å². The zero-order chi connectivity index (χ0) is 13.8. The van der Waals surface area contributed by atoms with E-state index in [1.807, 2.05) is 0 Å². The van der Waals surface area contributed by atoms with Crippen molar-refractivity contribution >= 4 is 21.9 Å². The maximum absolute atomic E-state index is 11.7. The van der Waals surface area contributed by atoms with E-state index in [0.717, 1.165) is 6.42 Å². The van der Waals surface area contributed by atoms with Crippen LogP contribution in [0.5, 0.6) is 11.5 Å². The monoisotopic (exact) mass is 330 g/mol. The predicted molar refractivity (Wildman–Crippen MR) is 71.9 cm³/mol. The van der Waals surface area contributed by atoms with Crippen molar-refractivity contribution in [1.82, 2.24) is 0 Å². The largest absolute Gasteiger partial charge is 0.493 e. The molecule has 0 bridgehead atoms. The minimum Gasteiger partial charge on any atom is -0.493 e. The van der Waals surface area contributed by atoms with Gasteiger partial charge in [0.25, 0.3) is 0 Å². The molecular weight excluding hydrogens is 316 g/mol. The maximum Gasteiger partial charge on any atom is 0.339 e. The van der Waals surface area contributed by atoms with Crippen molar-refractivity contribution in [2.45, 2.75) is 12.5 Å². The number of ether oxygens (including phenoxy) is 4. The summed E-state index contributed by atoms with van der Waals surface area (Å²) < 4.78 is 21.7. The van der Waals surface area contributed by atoms with Gasteiger partial charge in [0.05, 0.1) is 33.0 Å². The Labute approximate surface area is 119 Å². The average Bonchev–Trinajstić information content (AvgIpc) is 2.92. The second kappa shape index (κ2) is 6.25. The van der Waals surface area contributed by atoms with E-state index in [4.69, 9.17) is 18.9 Å². The fraction of sp³-hybridized carbons (Fsp3) is 0.462. The quantitative estimate of drug-likeness (QED) is 0.793. The molecule has 0 amide bonds. The third kappa shape index (κ3) is 3.19. The van der Waals surface area contributed by atoms with Crippen molar-refractivity contribution in [2.24, 2.45) is 0 Å². The summed E-state index contributed by atoms with van der Waals surface area (Å²) in [6, 6.07) is 3.31. The molecule has 0 N–H and O–H groups in total. The predicted octanol–water partition coefficient (Wildman–Crippen LogP) is 2.41. The molecular formula is C13H15BrO5. The van der Waals surface area contributed by atoms with Crippen LogP contribution < -0.4 is 9.47 Å². The summed E-state index contributed by atoms with van der Waals surface area (Å²) in [7, 11) is 2.89. The first-order valence-electron chi connectivity index (χ1n) is 5.86. The third-order valence-electron chi connectivity index (χ3n) is 2.84. The Kier molecular flexibility index (Phi) is 4.66. The second-order valence-corrected chi connectivity index (χ2v) is 4.93. The van der Waals surface area contributed by atoms with E-state index < -0.39 is 5.97 Å². The highest BCUT2D eigenvalue weighted by molar-refractivity contribution is 9.10. The highest BCUT2D eigenvalue weighted by Gasteiger charge is 2.21. The first kappa shape index (κ1) is 14.1. The lowest BCUT2D eigenvalue weighted by molar-refractivity contribution is 0.0598. The molecule has 0 aromatic heterocycles. The number of carbonyl (C=O) groups excluding carboxylic acids is 1. The Hall–Kier alpha value is -1.27. The van der Waals surface area contributed by atoms with Crippen molar-refractivity contribution in [3.8, 4) is 11.5 Å². The highest BCUT2D eigenvalue weighted by Crippen LogP contribution is 2.35. The van der Waals surface area contributed by atoms with Crippen molar-refractivity contribution in [3.05, 3.63) is 22.2 Å². The van der Waals surface area contributed by atoms with Gasteiger partial charge in [-0.1, -0.05) is 0 Å². The van der Waals surface area contributed by atoms with Crippen LogP contribution in [0.25, 0.3) is 0 Å². The van der Waals surface area contributed by atoms with E-state index in [0.29, 0.717) is 34.7 Å². The molecule has 1 saturated heterocycles. The molecule has 0 spiro atoms. The molecule has 1 aromatic rings. The Morgan fingerprint density at radius 2 is 2.16 bits per heavy atom. The molecule has 1 fully saturated rings. The molecule has 0 radical (unpaired) electrons. The second-order valence-electron chi connectivity index (χ2n) is 4.08. The molecule has 0 aliphatic carbocycles. The summed E-state index contributed by atoms with van der Waals surface area (Å²) in [6.45, 7) is 1.24. The molecule has 5 nitrogen and oxygen atoms in total. The Bertz CT molecular complexity index is 468. The topological polar surface area (TPSA) is 54.0 Å². The van der Waals surface area contributed by atoms with Gasteiger partial charge in [0.2, 0.25) is 0 Å². The molecule has 0 saturated carbocycles. The van der Waals surface area contributed by atoms with Gasteiger partial charge in [-0.2, -0.15) is 0 Å². The summed E-state index contributed by atoms with van der Waals surface area (Å²) in [6.07, 6.45) is 0.813. The van der Waals surface area contributed by atoms with Gasteiger partial charge in [0, 0.05) is 10.9 Å². The Balaban J connectivity index is 2.30. The molecule has 2 rings (SSSR count). The minimum absolute atomic E-state index is 0.0134. The lowest BCUT2D eigenvalue weighted by atomic mass is 10.2. The number of halogens is 1. The number of hydrogen-bond donors (Lipinski definition) is 0. The summed E-state index contributed by atoms with van der Waals surface area (Å²) >= 11 is 3.32. The number of carbonyl (C=O) groups is 1. The zero-order valence-electron chi connectivity index (χ0n) is 10.8. The number of rotatable bonds is 4. The summed E-state index contributed by atoms with van der Waals surface area (Å²) in [4.78, 5) is 11.7. The SMILES string of the molecule is COC(=O)c1cc(O[C@H]2CCOC2)c(OC)cc1Br. The molecule has 1 aromatic carbocycles. The number of benzene rings is 1.